The third-order valence-corrected chi connectivity index (χ3v) is 6.60. The number of aromatic nitrogens is 1. The number of methoxy groups -OCH3 is 1. The molecule has 4 rings (SSSR count). The number of rotatable bonds is 5. The van der Waals surface area contributed by atoms with E-state index in [1.54, 1.807) is 29.2 Å². The minimum absolute atomic E-state index is 0.0661. The molecular weight excluding hydrogens is 461 g/mol. The van der Waals surface area contributed by atoms with Gasteiger partial charge in [0, 0.05) is 48.8 Å². The minimum atomic E-state index is -0.983. The molecule has 0 spiro atoms. The van der Waals surface area contributed by atoms with Crippen molar-refractivity contribution in [2.45, 2.75) is 32.5 Å². The van der Waals surface area contributed by atoms with E-state index in [1.807, 2.05) is 13.8 Å². The Bertz CT molecular complexity index is 1260. The van der Waals surface area contributed by atoms with E-state index in [4.69, 9.17) is 11.6 Å². The molecular formula is C25H25ClFN3O4. The van der Waals surface area contributed by atoms with Crippen molar-refractivity contribution in [1.82, 2.24) is 14.8 Å². The van der Waals surface area contributed by atoms with Crippen molar-refractivity contribution in [3.63, 3.8) is 0 Å². The molecule has 9 heteroatoms. The molecule has 1 fully saturated rings. The summed E-state index contributed by atoms with van der Waals surface area (Å²) >= 11 is 6.44. The monoisotopic (exact) mass is 485 g/mol. The SMILES string of the molecule is COC(=O)C(=O)c1c[nH]c2cc(Cl)c(C(=O)N3C[C@H](C)N(Cc4ccc(F)cc4)C[C@H]3C)cc12. The third kappa shape index (κ3) is 4.56. The highest BCUT2D eigenvalue weighted by atomic mass is 35.5. The topological polar surface area (TPSA) is 82.7 Å². The lowest BCUT2D eigenvalue weighted by atomic mass is 10.0. The Kier molecular flexibility index (Phi) is 6.72. The number of halogens is 2. The summed E-state index contributed by atoms with van der Waals surface area (Å²) in [6, 6.07) is 9.52. The third-order valence-electron chi connectivity index (χ3n) is 6.29. The quantitative estimate of drug-likeness (QED) is 0.335. The standard InChI is InChI=1S/C25H25ClFN3O4/c1-14-12-30(15(2)11-29(14)13-16-4-6-17(27)7-5-16)24(32)19-8-18-20(23(31)25(33)34-3)10-28-22(18)9-21(19)26/h4-10,14-15,28H,11-13H2,1-3H3/t14-,15+/m0/s1. The summed E-state index contributed by atoms with van der Waals surface area (Å²) in [6.07, 6.45) is 1.41. The van der Waals surface area contributed by atoms with Crippen LogP contribution in [0.5, 0.6) is 0 Å². The van der Waals surface area contributed by atoms with E-state index in [1.165, 1.54) is 18.3 Å². The molecule has 3 aromatic rings. The van der Waals surface area contributed by atoms with Gasteiger partial charge in [-0.15, -0.1) is 0 Å². The van der Waals surface area contributed by atoms with Crippen molar-refractivity contribution < 1.29 is 23.5 Å². The molecule has 1 N–H and O–H groups in total. The first kappa shape index (κ1) is 23.9. The molecule has 34 heavy (non-hydrogen) atoms. The van der Waals surface area contributed by atoms with Crippen molar-refractivity contribution in [2.24, 2.45) is 0 Å². The normalized spacial score (nSPS) is 18.8. The molecule has 1 aliphatic rings. The van der Waals surface area contributed by atoms with Gasteiger partial charge in [-0.1, -0.05) is 23.7 Å². The van der Waals surface area contributed by atoms with E-state index in [0.29, 0.717) is 30.5 Å². The molecule has 0 radical (unpaired) electrons. The lowest BCUT2D eigenvalue weighted by Crippen LogP contribution is -2.57. The highest BCUT2D eigenvalue weighted by Crippen LogP contribution is 2.29. The number of carbonyl (C=O) groups excluding carboxylic acids is 3. The Morgan fingerprint density at radius 1 is 1.09 bits per heavy atom. The zero-order chi connectivity index (χ0) is 24.6. The van der Waals surface area contributed by atoms with Crippen molar-refractivity contribution in [1.29, 1.82) is 0 Å². The molecule has 1 saturated heterocycles. The van der Waals surface area contributed by atoms with Crippen LogP contribution in [-0.2, 0) is 16.1 Å². The summed E-state index contributed by atoms with van der Waals surface area (Å²) in [6.45, 7) is 5.79. The van der Waals surface area contributed by atoms with Gasteiger partial charge in [-0.05, 0) is 43.7 Å². The molecule has 0 saturated carbocycles. The van der Waals surface area contributed by atoms with Gasteiger partial charge >= 0.3 is 5.97 Å². The fraction of sp³-hybridized carbons (Fsp3) is 0.320. The van der Waals surface area contributed by atoms with Gasteiger partial charge in [0.05, 0.1) is 23.3 Å². The number of fused-ring (bicyclic) bond motifs is 1. The van der Waals surface area contributed by atoms with Crippen LogP contribution in [-0.4, -0.2) is 64.7 Å². The van der Waals surface area contributed by atoms with E-state index < -0.39 is 11.8 Å². The number of hydrogen-bond donors (Lipinski definition) is 1. The van der Waals surface area contributed by atoms with Crippen LogP contribution in [0.25, 0.3) is 10.9 Å². The van der Waals surface area contributed by atoms with Crippen LogP contribution in [0.15, 0.2) is 42.6 Å². The van der Waals surface area contributed by atoms with Gasteiger partial charge in [-0.3, -0.25) is 14.5 Å². The number of esters is 1. The van der Waals surface area contributed by atoms with Crippen LogP contribution in [0, 0.1) is 5.82 Å². The van der Waals surface area contributed by atoms with E-state index in [9.17, 15) is 18.8 Å². The van der Waals surface area contributed by atoms with Gasteiger partial charge in [-0.2, -0.15) is 0 Å². The van der Waals surface area contributed by atoms with Crippen LogP contribution in [0.4, 0.5) is 4.39 Å². The number of nitrogens with one attached hydrogen (secondary N) is 1. The predicted octanol–water partition coefficient (Wildman–Crippen LogP) is 4.05. The Morgan fingerprint density at radius 3 is 2.47 bits per heavy atom. The van der Waals surface area contributed by atoms with Gasteiger partial charge in [0.25, 0.3) is 11.7 Å². The van der Waals surface area contributed by atoms with Crippen LogP contribution in [0.3, 0.4) is 0 Å². The van der Waals surface area contributed by atoms with Gasteiger partial charge < -0.3 is 14.6 Å². The highest BCUT2D eigenvalue weighted by Gasteiger charge is 2.33. The van der Waals surface area contributed by atoms with Crippen LogP contribution >= 0.6 is 11.6 Å². The number of nitrogens with zero attached hydrogens (tertiary/aromatic N) is 2. The van der Waals surface area contributed by atoms with Gasteiger partial charge in [-0.25, -0.2) is 9.18 Å². The Labute approximate surface area is 201 Å². The highest BCUT2D eigenvalue weighted by molar-refractivity contribution is 6.43. The summed E-state index contributed by atoms with van der Waals surface area (Å²) in [4.78, 5) is 44.6. The summed E-state index contributed by atoms with van der Waals surface area (Å²) in [7, 11) is 1.14. The number of ether oxygens (including phenoxy) is 1. The molecule has 7 nitrogen and oxygen atoms in total. The number of amides is 1. The van der Waals surface area contributed by atoms with Gasteiger partial charge in [0.2, 0.25) is 0 Å². The average Bonchev–Trinajstić information content (AvgIpc) is 3.23. The molecule has 2 atom stereocenters. The summed E-state index contributed by atoms with van der Waals surface area (Å²) in [5.41, 5.74) is 1.93. The fourth-order valence-electron chi connectivity index (χ4n) is 4.38. The van der Waals surface area contributed by atoms with Crippen LogP contribution in [0.2, 0.25) is 5.02 Å². The van der Waals surface area contributed by atoms with Crippen LogP contribution < -0.4 is 0 Å². The first-order valence-corrected chi connectivity index (χ1v) is 11.3. The number of aromatic amines is 1. The van der Waals surface area contributed by atoms with Gasteiger partial charge in [0.15, 0.2) is 0 Å². The predicted molar refractivity (Wildman–Crippen MR) is 126 cm³/mol. The number of Topliss-reactive ketones (excluding diaryl/α,β-unsaturated/α-hetero) is 1. The first-order valence-electron chi connectivity index (χ1n) is 10.9. The zero-order valence-corrected chi connectivity index (χ0v) is 19.9. The number of H-pyrrole nitrogens is 1. The number of hydrogen-bond acceptors (Lipinski definition) is 5. The number of piperazine rings is 1. The second-order valence-corrected chi connectivity index (χ2v) is 9.02. The molecule has 0 unspecified atom stereocenters. The van der Waals surface area contributed by atoms with E-state index in [-0.39, 0.29) is 40.0 Å². The second-order valence-electron chi connectivity index (χ2n) is 8.61. The molecule has 178 valence electrons. The van der Waals surface area contributed by atoms with Crippen molar-refractivity contribution >= 4 is 40.2 Å². The molecule has 2 heterocycles. The van der Waals surface area contributed by atoms with E-state index in [2.05, 4.69) is 14.6 Å². The summed E-state index contributed by atoms with van der Waals surface area (Å²) < 4.78 is 17.8. The molecule has 1 amide bonds. The van der Waals surface area contributed by atoms with Gasteiger partial charge in [0.1, 0.15) is 5.82 Å². The number of carbonyl (C=O) groups is 3. The Hall–Kier alpha value is -3.23. The lowest BCUT2D eigenvalue weighted by Gasteiger charge is -2.44. The Morgan fingerprint density at radius 2 is 1.79 bits per heavy atom. The number of ketones is 1. The van der Waals surface area contributed by atoms with Crippen LogP contribution in [0.1, 0.15) is 40.1 Å². The van der Waals surface area contributed by atoms with E-state index in [0.717, 1.165) is 12.7 Å². The summed E-state index contributed by atoms with van der Waals surface area (Å²) in [5, 5.41) is 0.684. The first-order chi connectivity index (χ1) is 16.2. The molecule has 2 aromatic carbocycles. The van der Waals surface area contributed by atoms with E-state index >= 15 is 0 Å². The smallest absolute Gasteiger partial charge is 0.379 e. The maximum Gasteiger partial charge on any atom is 0.379 e. The molecule has 1 aromatic heterocycles. The maximum absolute atomic E-state index is 13.5. The van der Waals surface area contributed by atoms with Crippen molar-refractivity contribution in [3.05, 3.63) is 70.1 Å². The second kappa shape index (κ2) is 9.56. The summed E-state index contributed by atoms with van der Waals surface area (Å²) in [5.74, 6) is -2.30. The average molecular weight is 486 g/mol. The fourth-order valence-corrected chi connectivity index (χ4v) is 4.62. The molecule has 1 aliphatic heterocycles. The maximum atomic E-state index is 13.5. The van der Waals surface area contributed by atoms with Crippen molar-refractivity contribution in [2.75, 3.05) is 20.2 Å². The molecule has 0 bridgehead atoms. The lowest BCUT2D eigenvalue weighted by molar-refractivity contribution is -0.135. The minimum Gasteiger partial charge on any atom is -0.463 e. The Balaban J connectivity index is 1.57. The van der Waals surface area contributed by atoms with Crippen molar-refractivity contribution in [3.8, 4) is 0 Å². The zero-order valence-electron chi connectivity index (χ0n) is 19.1. The molecule has 0 aliphatic carbocycles. The largest absolute Gasteiger partial charge is 0.463 e. The number of benzene rings is 2.